The molecule has 0 saturated carbocycles. The number of aromatic nitrogens is 4. The highest BCUT2D eigenvalue weighted by atomic mass is 79.9. The molecule has 27 heavy (non-hydrogen) atoms. The molecule has 2 aromatic heterocycles. The van der Waals surface area contributed by atoms with Crippen LogP contribution in [0.5, 0.6) is 0 Å². The Morgan fingerprint density at radius 2 is 1.81 bits per heavy atom. The molecule has 0 bridgehead atoms. The number of rotatable bonds is 5. The highest BCUT2D eigenvalue weighted by Gasteiger charge is 2.20. The van der Waals surface area contributed by atoms with Gasteiger partial charge in [0.1, 0.15) is 0 Å². The van der Waals surface area contributed by atoms with Crippen LogP contribution in [0.3, 0.4) is 0 Å². The molecule has 0 spiro atoms. The Balaban J connectivity index is 1.78. The van der Waals surface area contributed by atoms with Crippen molar-refractivity contribution in [3.05, 3.63) is 63.5 Å². The van der Waals surface area contributed by atoms with Crippen molar-refractivity contribution in [2.75, 3.05) is 5.32 Å². The maximum atomic E-state index is 13.7. The van der Waals surface area contributed by atoms with Crippen molar-refractivity contribution < 1.29 is 22.4 Å². The summed E-state index contributed by atoms with van der Waals surface area (Å²) in [6.07, 6.45) is 2.94. The Labute approximate surface area is 158 Å². The SMILES string of the molecule is CCn1cc(Br)c(C(=O)Nc2ccn(Cc3c(F)c(F)cc(F)c3F)n2)n1. The molecule has 0 radical (unpaired) electrons. The molecular formula is C16H12BrF4N5O. The minimum Gasteiger partial charge on any atom is -0.304 e. The zero-order chi connectivity index (χ0) is 19.7. The van der Waals surface area contributed by atoms with Gasteiger partial charge in [0.25, 0.3) is 5.91 Å². The Morgan fingerprint density at radius 3 is 2.41 bits per heavy atom. The monoisotopic (exact) mass is 445 g/mol. The van der Waals surface area contributed by atoms with Crippen LogP contribution in [-0.4, -0.2) is 25.5 Å². The lowest BCUT2D eigenvalue weighted by molar-refractivity contribution is 0.102. The average Bonchev–Trinajstić information content (AvgIpc) is 3.23. The molecule has 0 fully saturated rings. The van der Waals surface area contributed by atoms with E-state index in [1.807, 2.05) is 6.92 Å². The highest BCUT2D eigenvalue weighted by molar-refractivity contribution is 9.10. The zero-order valence-corrected chi connectivity index (χ0v) is 15.4. The normalized spacial score (nSPS) is 11.0. The number of amides is 1. The molecule has 0 unspecified atom stereocenters. The first kappa shape index (κ1) is 19.1. The standard InChI is InChI=1S/C16H12BrF4N5O/c1-2-25-7-9(17)15(24-25)16(27)22-12-3-4-26(23-12)6-8-13(20)10(18)5-11(19)14(8)21/h3-5,7H,2,6H2,1H3,(H,22,23,27). The van der Waals surface area contributed by atoms with Gasteiger partial charge in [-0.3, -0.25) is 14.2 Å². The number of benzene rings is 1. The van der Waals surface area contributed by atoms with Gasteiger partial charge in [0.15, 0.2) is 34.8 Å². The molecule has 0 atom stereocenters. The van der Waals surface area contributed by atoms with Crippen molar-refractivity contribution in [2.24, 2.45) is 0 Å². The molecule has 2 heterocycles. The molecule has 0 aliphatic rings. The Morgan fingerprint density at radius 1 is 1.15 bits per heavy atom. The second-order valence-electron chi connectivity index (χ2n) is 5.48. The summed E-state index contributed by atoms with van der Waals surface area (Å²) in [5, 5.41) is 10.5. The van der Waals surface area contributed by atoms with E-state index >= 15 is 0 Å². The number of nitrogens with zero attached hydrogens (tertiary/aromatic N) is 4. The van der Waals surface area contributed by atoms with Crippen molar-refractivity contribution in [1.29, 1.82) is 0 Å². The minimum absolute atomic E-state index is 0.0793. The number of anilines is 1. The first-order valence-electron chi connectivity index (χ1n) is 7.69. The Hall–Kier alpha value is -2.69. The third-order valence-corrected chi connectivity index (χ3v) is 4.24. The summed E-state index contributed by atoms with van der Waals surface area (Å²) in [6.45, 7) is 1.87. The van der Waals surface area contributed by atoms with Crippen molar-refractivity contribution >= 4 is 27.7 Å². The smallest absolute Gasteiger partial charge is 0.278 e. The lowest BCUT2D eigenvalue weighted by atomic mass is 10.2. The van der Waals surface area contributed by atoms with E-state index in [0.717, 1.165) is 4.68 Å². The van der Waals surface area contributed by atoms with E-state index in [0.29, 0.717) is 11.0 Å². The third kappa shape index (κ3) is 3.87. The topological polar surface area (TPSA) is 64.7 Å². The van der Waals surface area contributed by atoms with E-state index in [-0.39, 0.29) is 17.6 Å². The first-order valence-corrected chi connectivity index (χ1v) is 8.49. The number of halogens is 5. The van der Waals surface area contributed by atoms with Gasteiger partial charge in [0.2, 0.25) is 0 Å². The van der Waals surface area contributed by atoms with E-state index in [9.17, 15) is 22.4 Å². The number of aryl methyl sites for hydroxylation is 1. The lowest BCUT2D eigenvalue weighted by Gasteiger charge is -2.07. The molecule has 1 N–H and O–H groups in total. The van der Waals surface area contributed by atoms with Crippen LogP contribution < -0.4 is 5.32 Å². The maximum Gasteiger partial charge on any atom is 0.278 e. The van der Waals surface area contributed by atoms with Gasteiger partial charge in [-0.25, -0.2) is 17.6 Å². The van der Waals surface area contributed by atoms with Crippen LogP contribution in [0.25, 0.3) is 0 Å². The summed E-state index contributed by atoms with van der Waals surface area (Å²) in [7, 11) is 0. The molecule has 3 aromatic rings. The van der Waals surface area contributed by atoms with E-state index in [1.165, 1.54) is 12.3 Å². The minimum atomic E-state index is -1.50. The Kier molecular flexibility index (Phi) is 5.31. The number of carbonyl (C=O) groups excluding carboxylic acids is 1. The number of nitrogens with one attached hydrogen (secondary N) is 1. The van der Waals surface area contributed by atoms with Crippen LogP contribution in [-0.2, 0) is 13.1 Å². The number of hydrogen-bond donors (Lipinski definition) is 1. The van der Waals surface area contributed by atoms with Gasteiger partial charge in [-0.05, 0) is 22.9 Å². The quantitative estimate of drug-likeness (QED) is 0.480. The van der Waals surface area contributed by atoms with E-state index in [4.69, 9.17) is 0 Å². The molecule has 142 valence electrons. The summed E-state index contributed by atoms with van der Waals surface area (Å²) in [5.74, 6) is -6.46. The van der Waals surface area contributed by atoms with E-state index in [1.54, 1.807) is 10.9 Å². The molecule has 11 heteroatoms. The third-order valence-electron chi connectivity index (χ3n) is 3.66. The molecule has 0 aliphatic heterocycles. The molecule has 3 rings (SSSR count). The van der Waals surface area contributed by atoms with Gasteiger partial charge in [-0.1, -0.05) is 0 Å². The second-order valence-corrected chi connectivity index (χ2v) is 6.34. The molecule has 0 aliphatic carbocycles. The maximum absolute atomic E-state index is 13.7. The predicted molar refractivity (Wildman–Crippen MR) is 91.2 cm³/mol. The van der Waals surface area contributed by atoms with Crippen molar-refractivity contribution in [2.45, 2.75) is 20.0 Å². The van der Waals surface area contributed by atoms with E-state index < -0.39 is 41.3 Å². The summed E-state index contributed by atoms with van der Waals surface area (Å²) >= 11 is 3.23. The van der Waals surface area contributed by atoms with Gasteiger partial charge < -0.3 is 5.32 Å². The van der Waals surface area contributed by atoms with Crippen molar-refractivity contribution in [3.63, 3.8) is 0 Å². The van der Waals surface area contributed by atoms with Crippen LogP contribution in [0.1, 0.15) is 23.0 Å². The highest BCUT2D eigenvalue weighted by Crippen LogP contribution is 2.21. The lowest BCUT2D eigenvalue weighted by Crippen LogP contribution is -2.15. The van der Waals surface area contributed by atoms with Crippen LogP contribution in [0.2, 0.25) is 0 Å². The molecule has 0 saturated heterocycles. The summed E-state index contributed by atoms with van der Waals surface area (Å²) in [4.78, 5) is 12.2. The largest absolute Gasteiger partial charge is 0.304 e. The van der Waals surface area contributed by atoms with Gasteiger partial charge in [-0.2, -0.15) is 10.2 Å². The van der Waals surface area contributed by atoms with Gasteiger partial charge in [0.05, 0.1) is 16.6 Å². The van der Waals surface area contributed by atoms with Crippen LogP contribution in [0, 0.1) is 23.3 Å². The van der Waals surface area contributed by atoms with Gasteiger partial charge in [-0.15, -0.1) is 0 Å². The molecule has 6 nitrogen and oxygen atoms in total. The van der Waals surface area contributed by atoms with Crippen LogP contribution >= 0.6 is 15.9 Å². The summed E-state index contributed by atoms with van der Waals surface area (Å²) in [6, 6.07) is 1.50. The fourth-order valence-electron chi connectivity index (χ4n) is 2.33. The van der Waals surface area contributed by atoms with Gasteiger partial charge in [0, 0.05) is 31.1 Å². The molecule has 1 aromatic carbocycles. The molecular weight excluding hydrogens is 434 g/mol. The zero-order valence-electron chi connectivity index (χ0n) is 13.8. The second kappa shape index (κ2) is 7.51. The van der Waals surface area contributed by atoms with Crippen LogP contribution in [0.4, 0.5) is 23.4 Å². The fourth-order valence-corrected chi connectivity index (χ4v) is 2.82. The summed E-state index contributed by atoms with van der Waals surface area (Å²) < 4.78 is 57.1. The first-order chi connectivity index (χ1) is 12.8. The van der Waals surface area contributed by atoms with Crippen molar-refractivity contribution in [1.82, 2.24) is 19.6 Å². The number of carbonyl (C=O) groups is 1. The number of hydrogen-bond acceptors (Lipinski definition) is 3. The Bertz CT molecular complexity index is 990. The predicted octanol–water partition coefficient (Wildman–Crippen LogP) is 3.72. The van der Waals surface area contributed by atoms with E-state index in [2.05, 4.69) is 31.4 Å². The van der Waals surface area contributed by atoms with Crippen molar-refractivity contribution in [3.8, 4) is 0 Å². The fraction of sp³-hybridized carbons (Fsp3) is 0.188. The molecule has 1 amide bonds. The average molecular weight is 446 g/mol. The van der Waals surface area contributed by atoms with Gasteiger partial charge >= 0.3 is 0 Å². The van der Waals surface area contributed by atoms with Crippen LogP contribution in [0.15, 0.2) is 29.0 Å². The summed E-state index contributed by atoms with van der Waals surface area (Å²) in [5.41, 5.74) is -0.673.